The summed E-state index contributed by atoms with van der Waals surface area (Å²) in [6.45, 7) is 2.07. The van der Waals surface area contributed by atoms with Crippen molar-refractivity contribution in [2.75, 3.05) is 24.7 Å². The van der Waals surface area contributed by atoms with Crippen molar-refractivity contribution in [1.82, 2.24) is 10.2 Å². The summed E-state index contributed by atoms with van der Waals surface area (Å²) >= 11 is 1.63. The van der Waals surface area contributed by atoms with Gasteiger partial charge in [0.15, 0.2) is 0 Å². The number of fused-ring (bicyclic) bond motifs is 1. The molecule has 0 spiro atoms. The van der Waals surface area contributed by atoms with Gasteiger partial charge in [0.1, 0.15) is 11.6 Å². The Hall–Kier alpha value is -2.90. The van der Waals surface area contributed by atoms with Gasteiger partial charge in [-0.15, -0.1) is 11.8 Å². The van der Waals surface area contributed by atoms with Crippen molar-refractivity contribution >= 4 is 23.5 Å². The summed E-state index contributed by atoms with van der Waals surface area (Å²) in [6, 6.07) is 19.3. The lowest BCUT2D eigenvalue weighted by atomic mass is 9.90. The molecule has 34 heavy (non-hydrogen) atoms. The van der Waals surface area contributed by atoms with Crippen LogP contribution in [0.15, 0.2) is 71.6 Å². The van der Waals surface area contributed by atoms with E-state index in [4.69, 9.17) is 0 Å². The fourth-order valence-corrected chi connectivity index (χ4v) is 4.84. The third kappa shape index (κ3) is 6.58. The Kier molecular flexibility index (Phi) is 8.19. The van der Waals surface area contributed by atoms with Crippen molar-refractivity contribution in [3.05, 3.63) is 95.1 Å². The third-order valence-corrected chi connectivity index (χ3v) is 6.86. The number of nitrogens with zero attached hydrogens (tertiary/aromatic N) is 1. The number of anilines is 1. The van der Waals surface area contributed by atoms with Crippen molar-refractivity contribution < 1.29 is 13.6 Å². The maximum Gasteiger partial charge on any atom is 0.319 e. The lowest BCUT2D eigenvalue weighted by Gasteiger charge is -2.37. The lowest BCUT2D eigenvalue weighted by molar-refractivity contribution is 0.167. The van der Waals surface area contributed by atoms with Crippen molar-refractivity contribution in [2.45, 2.75) is 36.7 Å². The normalized spacial score (nSPS) is 15.6. The van der Waals surface area contributed by atoms with Crippen molar-refractivity contribution in [3.8, 4) is 0 Å². The zero-order chi connectivity index (χ0) is 23.9. The van der Waals surface area contributed by atoms with Gasteiger partial charge in [-0.25, -0.2) is 13.6 Å². The van der Waals surface area contributed by atoms with Crippen LogP contribution in [0.25, 0.3) is 0 Å². The Labute approximate surface area is 203 Å². The van der Waals surface area contributed by atoms with Crippen LogP contribution >= 0.6 is 11.8 Å². The first-order chi connectivity index (χ1) is 16.5. The average molecular weight is 482 g/mol. The first-order valence-electron chi connectivity index (χ1n) is 11.4. The Morgan fingerprint density at radius 1 is 1.03 bits per heavy atom. The molecule has 4 nitrogen and oxygen atoms in total. The molecule has 0 aromatic heterocycles. The number of carbonyl (C=O) groups excluding carboxylic acids is 1. The van der Waals surface area contributed by atoms with Gasteiger partial charge in [0.05, 0.1) is 0 Å². The second-order valence-corrected chi connectivity index (χ2v) is 9.42. The number of nitrogens with one attached hydrogen (secondary N) is 2. The largest absolute Gasteiger partial charge is 0.338 e. The summed E-state index contributed by atoms with van der Waals surface area (Å²) in [5, 5.41) is 5.81. The minimum absolute atomic E-state index is 0.183. The van der Waals surface area contributed by atoms with E-state index in [1.165, 1.54) is 18.2 Å². The number of rotatable bonds is 8. The smallest absolute Gasteiger partial charge is 0.319 e. The van der Waals surface area contributed by atoms with Crippen LogP contribution in [0.2, 0.25) is 0 Å². The van der Waals surface area contributed by atoms with Crippen LogP contribution in [-0.2, 0) is 19.4 Å². The molecule has 1 atom stereocenters. The molecule has 0 fully saturated rings. The maximum absolute atomic E-state index is 13.8. The van der Waals surface area contributed by atoms with Crippen molar-refractivity contribution in [1.29, 1.82) is 0 Å². The second-order valence-electron chi connectivity index (χ2n) is 8.54. The number of carbonyl (C=O) groups is 1. The zero-order valence-corrected chi connectivity index (χ0v) is 20.0. The molecule has 1 aliphatic heterocycles. The van der Waals surface area contributed by atoms with Gasteiger partial charge in [0.25, 0.3) is 0 Å². The number of hydrogen-bond acceptors (Lipinski definition) is 3. The van der Waals surface area contributed by atoms with Gasteiger partial charge in [-0.1, -0.05) is 24.3 Å². The van der Waals surface area contributed by atoms with Gasteiger partial charge in [-0.3, -0.25) is 4.90 Å². The molecule has 3 aromatic rings. The molecule has 178 valence electrons. The molecule has 4 rings (SSSR count). The number of amides is 2. The molecule has 2 amide bonds. The molecule has 0 radical (unpaired) electrons. The number of hydrogen-bond donors (Lipinski definition) is 2. The molecule has 2 N–H and O–H groups in total. The van der Waals surface area contributed by atoms with E-state index < -0.39 is 0 Å². The van der Waals surface area contributed by atoms with E-state index in [0.717, 1.165) is 59.6 Å². The highest BCUT2D eigenvalue weighted by Crippen LogP contribution is 2.26. The van der Waals surface area contributed by atoms with E-state index in [0.29, 0.717) is 6.54 Å². The van der Waals surface area contributed by atoms with Crippen molar-refractivity contribution in [3.63, 3.8) is 0 Å². The third-order valence-electron chi connectivity index (χ3n) is 6.13. The topological polar surface area (TPSA) is 44.4 Å². The lowest BCUT2D eigenvalue weighted by Crippen LogP contribution is -2.43. The van der Waals surface area contributed by atoms with E-state index in [1.807, 2.05) is 48.7 Å². The van der Waals surface area contributed by atoms with E-state index in [-0.39, 0.29) is 23.7 Å². The van der Waals surface area contributed by atoms with E-state index in [9.17, 15) is 13.6 Å². The summed E-state index contributed by atoms with van der Waals surface area (Å²) in [6.07, 6.45) is 4.28. The van der Waals surface area contributed by atoms with Crippen LogP contribution in [0.3, 0.4) is 0 Å². The molecule has 0 saturated heterocycles. The van der Waals surface area contributed by atoms with Crippen LogP contribution in [-0.4, -0.2) is 36.3 Å². The molecule has 0 saturated carbocycles. The Balaban J connectivity index is 1.33. The fraction of sp³-hybridized carbons (Fsp3) is 0.296. The predicted octanol–water partition coefficient (Wildman–Crippen LogP) is 5.87. The summed E-state index contributed by atoms with van der Waals surface area (Å²) in [5.74, 6) is -0.466. The molecule has 1 heterocycles. The summed E-state index contributed by atoms with van der Waals surface area (Å²) in [5.41, 5.74) is 3.99. The highest BCUT2D eigenvalue weighted by Gasteiger charge is 2.26. The van der Waals surface area contributed by atoms with Gasteiger partial charge in [-0.2, -0.15) is 0 Å². The summed E-state index contributed by atoms with van der Waals surface area (Å²) in [7, 11) is 0. The predicted molar refractivity (Wildman–Crippen MR) is 134 cm³/mol. The molecular weight excluding hydrogens is 452 g/mol. The second kappa shape index (κ2) is 11.5. The molecular formula is C27H29F2N3OS. The van der Waals surface area contributed by atoms with Crippen LogP contribution in [0.4, 0.5) is 19.3 Å². The Morgan fingerprint density at radius 3 is 2.62 bits per heavy atom. The number of halogens is 2. The zero-order valence-electron chi connectivity index (χ0n) is 19.2. The highest BCUT2D eigenvalue weighted by molar-refractivity contribution is 7.98. The first kappa shape index (κ1) is 24.2. The molecule has 0 bridgehead atoms. The molecule has 1 aliphatic rings. The van der Waals surface area contributed by atoms with Crippen molar-refractivity contribution in [2.24, 2.45) is 0 Å². The fourth-order valence-electron chi connectivity index (χ4n) is 4.39. The quantitative estimate of drug-likeness (QED) is 0.313. The monoisotopic (exact) mass is 481 g/mol. The minimum atomic E-state index is -0.249. The molecule has 1 unspecified atom stereocenters. The number of urea groups is 1. The first-order valence-corrected chi connectivity index (χ1v) is 12.7. The van der Waals surface area contributed by atoms with Gasteiger partial charge in [-0.05, 0) is 84.7 Å². The van der Waals surface area contributed by atoms with Gasteiger partial charge >= 0.3 is 6.03 Å². The average Bonchev–Trinajstić information content (AvgIpc) is 2.83. The SMILES string of the molecule is CSc1cccc(NC(=O)NCCCN2Cc3ccc(F)cc3CC2Cc2ccc(F)cc2)c1. The minimum Gasteiger partial charge on any atom is -0.338 e. The Morgan fingerprint density at radius 2 is 1.82 bits per heavy atom. The van der Waals surface area contributed by atoms with E-state index in [2.05, 4.69) is 15.5 Å². The molecule has 0 aliphatic carbocycles. The standard InChI is InChI=1S/C27H29F2N3OS/c1-34-26-5-2-4-24(17-26)31-27(33)30-12-3-13-32-18-20-8-11-23(29)15-21(20)16-25(32)14-19-6-9-22(28)10-7-19/h2,4-11,15,17,25H,3,12-14,16,18H2,1H3,(H2,30,31,33). The highest BCUT2D eigenvalue weighted by atomic mass is 32.2. The van der Waals surface area contributed by atoms with Crippen LogP contribution < -0.4 is 10.6 Å². The van der Waals surface area contributed by atoms with Crippen LogP contribution in [0, 0.1) is 11.6 Å². The van der Waals surface area contributed by atoms with Crippen LogP contribution in [0.1, 0.15) is 23.1 Å². The summed E-state index contributed by atoms with van der Waals surface area (Å²) < 4.78 is 27.1. The number of thioether (sulfide) groups is 1. The Bertz CT molecular complexity index is 1120. The van der Waals surface area contributed by atoms with Gasteiger partial charge in [0, 0.05) is 36.3 Å². The maximum atomic E-state index is 13.8. The van der Waals surface area contributed by atoms with Gasteiger partial charge in [0.2, 0.25) is 0 Å². The van der Waals surface area contributed by atoms with Crippen LogP contribution in [0.5, 0.6) is 0 Å². The number of benzene rings is 3. The molecule has 3 aromatic carbocycles. The van der Waals surface area contributed by atoms with E-state index >= 15 is 0 Å². The van der Waals surface area contributed by atoms with Gasteiger partial charge < -0.3 is 10.6 Å². The summed E-state index contributed by atoms with van der Waals surface area (Å²) in [4.78, 5) is 15.8. The van der Waals surface area contributed by atoms with E-state index in [1.54, 1.807) is 17.8 Å². The molecule has 7 heteroatoms.